The number of rotatable bonds is 5. The number of amides is 1. The first kappa shape index (κ1) is 13.1. The molecule has 5 nitrogen and oxygen atoms in total. The largest absolute Gasteiger partial charge is 0.350 e. The molecule has 1 aromatic rings. The molecular weight excluding hydrogens is 228 g/mol. The van der Waals surface area contributed by atoms with Crippen molar-refractivity contribution in [3.63, 3.8) is 0 Å². The monoisotopic (exact) mass is 250 g/mol. The van der Waals surface area contributed by atoms with Crippen LogP contribution in [0.4, 0.5) is 0 Å². The molecule has 0 radical (unpaired) electrons. The molecule has 2 rings (SSSR count). The van der Waals surface area contributed by atoms with Crippen LogP contribution in [-0.2, 0) is 6.54 Å². The van der Waals surface area contributed by atoms with Crippen LogP contribution in [0.5, 0.6) is 0 Å². The number of carbonyl (C=O) groups excluding carboxylic acids is 1. The zero-order chi connectivity index (χ0) is 13.1. The maximum Gasteiger partial charge on any atom is 0.269 e. The summed E-state index contributed by atoms with van der Waals surface area (Å²) >= 11 is 0. The van der Waals surface area contributed by atoms with E-state index in [1.807, 2.05) is 13.0 Å². The van der Waals surface area contributed by atoms with Gasteiger partial charge in [0, 0.05) is 32.1 Å². The summed E-state index contributed by atoms with van der Waals surface area (Å²) in [5, 5.41) is 10.6. The van der Waals surface area contributed by atoms with Gasteiger partial charge in [-0.1, -0.05) is 13.8 Å². The highest BCUT2D eigenvalue weighted by Gasteiger charge is 2.20. The van der Waals surface area contributed by atoms with Gasteiger partial charge in [0.1, 0.15) is 5.69 Å². The summed E-state index contributed by atoms with van der Waals surface area (Å²) in [5.74, 6) is 0.917. The number of hydrogen-bond acceptors (Lipinski definition) is 3. The Hall–Kier alpha value is -1.36. The molecule has 18 heavy (non-hydrogen) atoms. The van der Waals surface area contributed by atoms with Crippen molar-refractivity contribution in [2.75, 3.05) is 19.6 Å². The lowest BCUT2D eigenvalue weighted by Gasteiger charge is -2.27. The Morgan fingerprint density at radius 1 is 1.61 bits per heavy atom. The summed E-state index contributed by atoms with van der Waals surface area (Å²) in [6.45, 7) is 9.66. The van der Waals surface area contributed by atoms with Gasteiger partial charge in [-0.25, -0.2) is 0 Å². The van der Waals surface area contributed by atoms with Gasteiger partial charge in [-0.15, -0.1) is 0 Å². The zero-order valence-corrected chi connectivity index (χ0v) is 11.4. The molecule has 5 heteroatoms. The van der Waals surface area contributed by atoms with E-state index in [-0.39, 0.29) is 5.91 Å². The molecule has 1 fully saturated rings. The molecular formula is C13H22N4O. The van der Waals surface area contributed by atoms with E-state index >= 15 is 0 Å². The Balaban J connectivity index is 2.02. The van der Waals surface area contributed by atoms with Gasteiger partial charge < -0.3 is 10.6 Å². The van der Waals surface area contributed by atoms with Crippen LogP contribution in [0.25, 0.3) is 0 Å². The standard InChI is InChI=1S/C13H22N4O/c1-4-17-12(5-11(16-17)9(2)3)13(18)15-8-10-6-14-7-10/h5,9-10,14H,4,6-8H2,1-3H3,(H,15,18). The minimum atomic E-state index is -0.0110. The third kappa shape index (κ3) is 2.72. The van der Waals surface area contributed by atoms with Crippen molar-refractivity contribution < 1.29 is 4.79 Å². The van der Waals surface area contributed by atoms with E-state index in [0.29, 0.717) is 17.5 Å². The summed E-state index contributed by atoms with van der Waals surface area (Å²) in [4.78, 5) is 12.1. The highest BCUT2D eigenvalue weighted by Crippen LogP contribution is 2.14. The molecule has 0 aromatic carbocycles. The van der Waals surface area contributed by atoms with Crippen molar-refractivity contribution in [1.29, 1.82) is 0 Å². The van der Waals surface area contributed by atoms with Crippen LogP contribution < -0.4 is 10.6 Å². The molecule has 0 spiro atoms. The molecule has 1 aliphatic heterocycles. The Labute approximate surface area is 108 Å². The van der Waals surface area contributed by atoms with Crippen LogP contribution in [0, 0.1) is 5.92 Å². The van der Waals surface area contributed by atoms with Crippen molar-refractivity contribution in [2.24, 2.45) is 5.92 Å². The van der Waals surface area contributed by atoms with Gasteiger partial charge in [-0.3, -0.25) is 9.48 Å². The van der Waals surface area contributed by atoms with Crippen LogP contribution in [0.1, 0.15) is 42.9 Å². The molecule has 1 aromatic heterocycles. The molecule has 0 unspecified atom stereocenters. The van der Waals surface area contributed by atoms with E-state index in [2.05, 4.69) is 29.6 Å². The Morgan fingerprint density at radius 3 is 2.83 bits per heavy atom. The van der Waals surface area contributed by atoms with Crippen molar-refractivity contribution >= 4 is 5.91 Å². The quantitative estimate of drug-likeness (QED) is 0.819. The average Bonchev–Trinajstić information content (AvgIpc) is 2.70. The minimum Gasteiger partial charge on any atom is -0.350 e. The second-order valence-electron chi connectivity index (χ2n) is 5.16. The first-order chi connectivity index (χ1) is 8.61. The molecule has 0 aliphatic carbocycles. The van der Waals surface area contributed by atoms with Crippen molar-refractivity contribution in [1.82, 2.24) is 20.4 Å². The predicted molar refractivity (Wildman–Crippen MR) is 70.7 cm³/mol. The van der Waals surface area contributed by atoms with E-state index in [0.717, 1.165) is 31.9 Å². The normalized spacial score (nSPS) is 15.8. The molecule has 2 N–H and O–H groups in total. The van der Waals surface area contributed by atoms with Gasteiger partial charge in [0.2, 0.25) is 0 Å². The molecule has 100 valence electrons. The van der Waals surface area contributed by atoms with Crippen LogP contribution in [0.3, 0.4) is 0 Å². The summed E-state index contributed by atoms with van der Waals surface area (Å²) in [6.07, 6.45) is 0. The number of aryl methyl sites for hydroxylation is 1. The fourth-order valence-corrected chi connectivity index (χ4v) is 1.96. The summed E-state index contributed by atoms with van der Waals surface area (Å²) in [6, 6.07) is 1.91. The zero-order valence-electron chi connectivity index (χ0n) is 11.4. The van der Waals surface area contributed by atoms with Gasteiger partial charge in [-0.2, -0.15) is 5.10 Å². The maximum atomic E-state index is 12.1. The first-order valence-electron chi connectivity index (χ1n) is 6.68. The number of hydrogen-bond donors (Lipinski definition) is 2. The van der Waals surface area contributed by atoms with Gasteiger partial charge >= 0.3 is 0 Å². The predicted octanol–water partition coefficient (Wildman–Crippen LogP) is 0.976. The summed E-state index contributed by atoms with van der Waals surface area (Å²) in [5.41, 5.74) is 1.65. The summed E-state index contributed by atoms with van der Waals surface area (Å²) < 4.78 is 1.78. The lowest BCUT2D eigenvalue weighted by molar-refractivity contribution is 0.0931. The molecule has 0 atom stereocenters. The Bertz CT molecular complexity index is 421. The first-order valence-corrected chi connectivity index (χ1v) is 6.68. The third-order valence-corrected chi connectivity index (χ3v) is 3.34. The minimum absolute atomic E-state index is 0.0110. The molecule has 2 heterocycles. The topological polar surface area (TPSA) is 59.0 Å². The second kappa shape index (κ2) is 5.52. The highest BCUT2D eigenvalue weighted by molar-refractivity contribution is 5.92. The second-order valence-corrected chi connectivity index (χ2v) is 5.16. The number of nitrogens with zero attached hydrogens (tertiary/aromatic N) is 2. The average molecular weight is 250 g/mol. The van der Waals surface area contributed by atoms with Gasteiger partial charge in [-0.05, 0) is 18.9 Å². The van der Waals surface area contributed by atoms with Crippen LogP contribution >= 0.6 is 0 Å². The SMILES string of the molecule is CCn1nc(C(C)C)cc1C(=O)NCC1CNC1. The number of carbonyl (C=O) groups is 1. The molecule has 1 aliphatic rings. The van der Waals surface area contributed by atoms with E-state index in [1.54, 1.807) is 4.68 Å². The summed E-state index contributed by atoms with van der Waals surface area (Å²) in [7, 11) is 0. The number of aromatic nitrogens is 2. The molecule has 0 saturated carbocycles. The molecule has 1 amide bonds. The highest BCUT2D eigenvalue weighted by atomic mass is 16.2. The van der Waals surface area contributed by atoms with Crippen molar-refractivity contribution in [2.45, 2.75) is 33.2 Å². The van der Waals surface area contributed by atoms with Crippen LogP contribution in [0.15, 0.2) is 6.07 Å². The van der Waals surface area contributed by atoms with E-state index < -0.39 is 0 Å². The van der Waals surface area contributed by atoms with Crippen molar-refractivity contribution in [3.05, 3.63) is 17.5 Å². The van der Waals surface area contributed by atoms with E-state index in [4.69, 9.17) is 0 Å². The van der Waals surface area contributed by atoms with E-state index in [1.165, 1.54) is 0 Å². The fraction of sp³-hybridized carbons (Fsp3) is 0.692. The van der Waals surface area contributed by atoms with Crippen LogP contribution in [0.2, 0.25) is 0 Å². The van der Waals surface area contributed by atoms with Crippen molar-refractivity contribution in [3.8, 4) is 0 Å². The van der Waals surface area contributed by atoms with Crippen LogP contribution in [-0.4, -0.2) is 35.3 Å². The molecule has 0 bridgehead atoms. The molecule has 1 saturated heterocycles. The fourth-order valence-electron chi connectivity index (χ4n) is 1.96. The van der Waals surface area contributed by atoms with Gasteiger partial charge in [0.25, 0.3) is 5.91 Å². The van der Waals surface area contributed by atoms with Gasteiger partial charge in [0.15, 0.2) is 0 Å². The smallest absolute Gasteiger partial charge is 0.269 e. The Kier molecular flexibility index (Phi) is 4.01. The maximum absolute atomic E-state index is 12.1. The number of nitrogens with one attached hydrogen (secondary N) is 2. The lowest BCUT2D eigenvalue weighted by Crippen LogP contribution is -2.48. The van der Waals surface area contributed by atoms with E-state index in [9.17, 15) is 4.79 Å². The Morgan fingerprint density at radius 2 is 2.33 bits per heavy atom. The van der Waals surface area contributed by atoms with Gasteiger partial charge in [0.05, 0.1) is 5.69 Å². The lowest BCUT2D eigenvalue weighted by atomic mass is 10.0. The third-order valence-electron chi connectivity index (χ3n) is 3.34.